The first-order chi connectivity index (χ1) is 24.7. The van der Waals surface area contributed by atoms with Crippen LogP contribution in [0.25, 0.3) is 44.2 Å². The van der Waals surface area contributed by atoms with Gasteiger partial charge in [0.05, 0.1) is 5.41 Å². The first-order valence-corrected chi connectivity index (χ1v) is 17.5. The largest absolute Gasteiger partial charge is 0.457 e. The summed E-state index contributed by atoms with van der Waals surface area (Å²) in [4.78, 5) is 0. The Labute approximate surface area is 292 Å². The maximum atomic E-state index is 6.86. The van der Waals surface area contributed by atoms with Crippen molar-refractivity contribution in [3.8, 4) is 44.9 Å². The van der Waals surface area contributed by atoms with Gasteiger partial charge in [0.25, 0.3) is 0 Å². The van der Waals surface area contributed by atoms with E-state index in [2.05, 4.69) is 183 Å². The van der Waals surface area contributed by atoms with Crippen molar-refractivity contribution < 1.29 is 4.74 Å². The number of ether oxygens (including phenoxy) is 1. The molecule has 1 nitrogen and oxygen atoms in total. The van der Waals surface area contributed by atoms with Crippen LogP contribution in [-0.2, 0) is 10.8 Å². The van der Waals surface area contributed by atoms with E-state index in [1.54, 1.807) is 0 Å². The zero-order chi connectivity index (χ0) is 33.0. The Hall–Kier alpha value is -6.18. The van der Waals surface area contributed by atoms with E-state index in [0.717, 1.165) is 11.5 Å². The molecule has 0 saturated carbocycles. The molecule has 1 heterocycles. The highest BCUT2D eigenvalue weighted by molar-refractivity contribution is 6.00. The quantitative estimate of drug-likeness (QED) is 0.183. The Morgan fingerprint density at radius 3 is 1.80 bits per heavy atom. The lowest BCUT2D eigenvalue weighted by atomic mass is 9.64. The van der Waals surface area contributed by atoms with Crippen LogP contribution in [0.5, 0.6) is 11.5 Å². The average Bonchev–Trinajstić information content (AvgIpc) is 3.62. The Kier molecular flexibility index (Phi) is 5.51. The maximum absolute atomic E-state index is 6.86. The number of benzene rings is 8. The third-order valence-corrected chi connectivity index (χ3v) is 11.8. The Morgan fingerprint density at radius 2 is 1.00 bits per heavy atom. The molecule has 11 rings (SSSR count). The summed E-state index contributed by atoms with van der Waals surface area (Å²) in [6.07, 6.45) is 0. The number of rotatable bonds is 2. The second-order valence-electron chi connectivity index (χ2n) is 14.1. The van der Waals surface area contributed by atoms with E-state index in [9.17, 15) is 0 Å². The number of hydrogen-bond donors (Lipinski definition) is 0. The van der Waals surface area contributed by atoms with Crippen LogP contribution in [0.1, 0.15) is 45.9 Å². The SMILES string of the molecule is CC1(c2ccccc2)c2cc(-c3cccc4c3C3(c5ccccc5O4)c4ccccc4-c4ccccc43)ccc2-c2ccc3ccccc3c21. The molecule has 50 heavy (non-hydrogen) atoms. The predicted octanol–water partition coefficient (Wildman–Crippen LogP) is 12.3. The summed E-state index contributed by atoms with van der Waals surface area (Å²) in [7, 11) is 0. The summed E-state index contributed by atoms with van der Waals surface area (Å²) in [5, 5.41) is 2.59. The molecule has 1 atom stereocenters. The van der Waals surface area contributed by atoms with Crippen molar-refractivity contribution in [1.82, 2.24) is 0 Å². The molecule has 0 fully saturated rings. The first kappa shape index (κ1) is 27.7. The summed E-state index contributed by atoms with van der Waals surface area (Å²) < 4.78 is 6.86. The van der Waals surface area contributed by atoms with Crippen molar-refractivity contribution in [3.63, 3.8) is 0 Å². The molecule has 8 aromatic rings. The molecule has 3 aliphatic rings. The van der Waals surface area contributed by atoms with Crippen LogP contribution in [-0.4, -0.2) is 0 Å². The van der Waals surface area contributed by atoms with Crippen molar-refractivity contribution in [2.24, 2.45) is 0 Å². The van der Waals surface area contributed by atoms with Crippen LogP contribution in [0.4, 0.5) is 0 Å². The van der Waals surface area contributed by atoms with Gasteiger partial charge in [-0.15, -0.1) is 0 Å². The predicted molar refractivity (Wildman–Crippen MR) is 204 cm³/mol. The highest BCUT2D eigenvalue weighted by Gasteiger charge is 2.52. The number of para-hydroxylation sites is 1. The molecule has 1 heteroatoms. The fraction of sp³-hybridized carbons (Fsp3) is 0.0612. The minimum atomic E-state index is -0.533. The normalized spacial score (nSPS) is 16.9. The van der Waals surface area contributed by atoms with Crippen molar-refractivity contribution in [2.45, 2.75) is 17.8 Å². The summed E-state index contributed by atoms with van der Waals surface area (Å²) in [5.41, 5.74) is 15.7. The molecule has 8 aromatic carbocycles. The van der Waals surface area contributed by atoms with E-state index in [0.29, 0.717) is 0 Å². The number of fused-ring (bicyclic) bond motifs is 14. The second-order valence-corrected chi connectivity index (χ2v) is 14.1. The molecular weight excluding hydrogens is 605 g/mol. The second kappa shape index (κ2) is 9.94. The van der Waals surface area contributed by atoms with Gasteiger partial charge in [0.1, 0.15) is 11.5 Å². The number of hydrogen-bond acceptors (Lipinski definition) is 1. The molecular formula is C49H32O. The lowest BCUT2D eigenvalue weighted by Gasteiger charge is -2.40. The van der Waals surface area contributed by atoms with Crippen molar-refractivity contribution in [2.75, 3.05) is 0 Å². The van der Waals surface area contributed by atoms with Crippen molar-refractivity contribution in [3.05, 3.63) is 215 Å². The zero-order valence-corrected chi connectivity index (χ0v) is 27.7. The van der Waals surface area contributed by atoms with E-state index in [-0.39, 0.29) is 5.41 Å². The molecule has 0 N–H and O–H groups in total. The minimum absolute atomic E-state index is 0.342. The van der Waals surface area contributed by atoms with E-state index in [4.69, 9.17) is 4.74 Å². The zero-order valence-electron chi connectivity index (χ0n) is 27.7. The summed E-state index contributed by atoms with van der Waals surface area (Å²) in [6, 6.07) is 64.9. The molecule has 0 aromatic heterocycles. The van der Waals surface area contributed by atoms with Gasteiger partial charge in [0.2, 0.25) is 0 Å². The van der Waals surface area contributed by atoms with Crippen LogP contribution in [0.3, 0.4) is 0 Å². The van der Waals surface area contributed by atoms with Gasteiger partial charge in [0.15, 0.2) is 0 Å². The lowest BCUT2D eigenvalue weighted by molar-refractivity contribution is 0.437. The fourth-order valence-corrected chi connectivity index (χ4v) is 9.76. The third kappa shape index (κ3) is 3.37. The third-order valence-electron chi connectivity index (χ3n) is 11.8. The molecule has 1 spiro atoms. The van der Waals surface area contributed by atoms with E-state index in [1.807, 2.05) is 0 Å². The Morgan fingerprint density at radius 1 is 0.400 bits per heavy atom. The van der Waals surface area contributed by atoms with Crippen LogP contribution < -0.4 is 4.74 Å². The van der Waals surface area contributed by atoms with Gasteiger partial charge in [0, 0.05) is 16.5 Å². The molecule has 0 saturated heterocycles. The molecule has 0 amide bonds. The van der Waals surface area contributed by atoms with Crippen molar-refractivity contribution >= 4 is 10.8 Å². The average molecular weight is 637 g/mol. The standard InChI is InChI=1S/C49H32O/c1-48(33-15-3-2-4-16-33)43-30-32(27-28-38(43)39-29-26-31-14-5-6-17-34(31)46(39)48)35-20-13-25-45-47(35)49(42-23-11-12-24-44(42)50-45)40-21-9-7-18-36(40)37-19-8-10-22-41(37)49/h2-30H,1H3. The summed E-state index contributed by atoms with van der Waals surface area (Å²) in [5.74, 6) is 1.82. The molecule has 1 unspecified atom stereocenters. The molecule has 234 valence electrons. The molecule has 1 aliphatic heterocycles. The molecule has 2 aliphatic carbocycles. The van der Waals surface area contributed by atoms with Crippen LogP contribution >= 0.6 is 0 Å². The van der Waals surface area contributed by atoms with E-state index >= 15 is 0 Å². The van der Waals surface area contributed by atoms with Gasteiger partial charge in [-0.3, -0.25) is 0 Å². The van der Waals surface area contributed by atoms with Crippen LogP contribution in [0, 0.1) is 0 Å². The smallest absolute Gasteiger partial charge is 0.132 e. The van der Waals surface area contributed by atoms with Gasteiger partial charge >= 0.3 is 0 Å². The highest BCUT2D eigenvalue weighted by atomic mass is 16.5. The monoisotopic (exact) mass is 636 g/mol. The van der Waals surface area contributed by atoms with Crippen LogP contribution in [0.2, 0.25) is 0 Å². The van der Waals surface area contributed by atoms with Crippen LogP contribution in [0.15, 0.2) is 176 Å². The van der Waals surface area contributed by atoms with Gasteiger partial charge < -0.3 is 4.74 Å². The summed E-state index contributed by atoms with van der Waals surface area (Å²) >= 11 is 0. The Balaban J connectivity index is 1.23. The molecule has 0 radical (unpaired) electrons. The molecule has 0 bridgehead atoms. The minimum Gasteiger partial charge on any atom is -0.457 e. The fourth-order valence-electron chi connectivity index (χ4n) is 9.76. The summed E-state index contributed by atoms with van der Waals surface area (Å²) in [6.45, 7) is 2.42. The first-order valence-electron chi connectivity index (χ1n) is 17.5. The van der Waals surface area contributed by atoms with E-state index in [1.165, 1.54) is 83.1 Å². The lowest BCUT2D eigenvalue weighted by Crippen LogP contribution is -2.32. The van der Waals surface area contributed by atoms with Gasteiger partial charge in [-0.05, 0) is 97.1 Å². The highest BCUT2D eigenvalue weighted by Crippen LogP contribution is 2.64. The topological polar surface area (TPSA) is 9.23 Å². The van der Waals surface area contributed by atoms with Gasteiger partial charge in [-0.1, -0.05) is 158 Å². The van der Waals surface area contributed by atoms with E-state index < -0.39 is 5.41 Å². The maximum Gasteiger partial charge on any atom is 0.132 e. The van der Waals surface area contributed by atoms with Crippen molar-refractivity contribution in [1.29, 1.82) is 0 Å². The van der Waals surface area contributed by atoms with Gasteiger partial charge in [-0.25, -0.2) is 0 Å². The van der Waals surface area contributed by atoms with Gasteiger partial charge in [-0.2, -0.15) is 0 Å². The Bertz CT molecular complexity index is 2660.